The van der Waals surface area contributed by atoms with Crippen LogP contribution in [0.4, 0.5) is 8.78 Å². The van der Waals surface area contributed by atoms with Crippen molar-refractivity contribution in [2.45, 2.75) is 32.1 Å². The summed E-state index contributed by atoms with van der Waals surface area (Å²) < 4.78 is 27.9. The van der Waals surface area contributed by atoms with Crippen LogP contribution in [0.2, 0.25) is 10.0 Å². The minimum atomic E-state index is -1.27. The summed E-state index contributed by atoms with van der Waals surface area (Å²) in [6.45, 7) is 2.53. The first-order chi connectivity index (χ1) is 18.4. The van der Waals surface area contributed by atoms with Crippen LogP contribution in [0.5, 0.6) is 0 Å². The quantitative estimate of drug-likeness (QED) is 0.306. The Hall–Kier alpha value is -2.73. The summed E-state index contributed by atoms with van der Waals surface area (Å²) in [6, 6.07) is 16.8. The van der Waals surface area contributed by atoms with Crippen LogP contribution >= 0.6 is 23.2 Å². The monoisotopic (exact) mass is 555 g/mol. The molecular formula is C31H29Cl2F2NO2. The van der Waals surface area contributed by atoms with Gasteiger partial charge in [-0.05, 0) is 95.2 Å². The first kappa shape index (κ1) is 26.9. The molecule has 1 aliphatic carbocycles. The predicted octanol–water partition coefficient (Wildman–Crippen LogP) is 7.96. The normalized spacial score (nSPS) is 16.2. The number of carboxylic acids is 1. The van der Waals surface area contributed by atoms with Crippen molar-refractivity contribution in [2.24, 2.45) is 5.92 Å². The van der Waals surface area contributed by atoms with Gasteiger partial charge in [0.15, 0.2) is 0 Å². The van der Waals surface area contributed by atoms with Gasteiger partial charge in [-0.2, -0.15) is 0 Å². The summed E-state index contributed by atoms with van der Waals surface area (Å²) in [4.78, 5) is 13.9. The molecule has 1 fully saturated rings. The van der Waals surface area contributed by atoms with Crippen molar-refractivity contribution >= 4 is 40.3 Å². The molecule has 7 heteroatoms. The van der Waals surface area contributed by atoms with Gasteiger partial charge in [0.2, 0.25) is 0 Å². The molecule has 2 aliphatic rings. The second-order valence-corrected chi connectivity index (χ2v) is 11.0. The first-order valence-electron chi connectivity index (χ1n) is 13.0. The third-order valence-corrected chi connectivity index (χ3v) is 8.11. The van der Waals surface area contributed by atoms with Crippen molar-refractivity contribution in [3.8, 4) is 0 Å². The highest BCUT2D eigenvalue weighted by atomic mass is 35.5. The summed E-state index contributed by atoms with van der Waals surface area (Å²) in [5.41, 5.74) is 5.65. The van der Waals surface area contributed by atoms with Crippen LogP contribution in [0.1, 0.15) is 57.4 Å². The summed E-state index contributed by atoms with van der Waals surface area (Å²) in [7, 11) is 0. The minimum absolute atomic E-state index is 0.271. The highest BCUT2D eigenvalue weighted by molar-refractivity contribution is 6.36. The molecule has 1 saturated heterocycles. The second-order valence-electron chi connectivity index (χ2n) is 10.2. The Balaban J connectivity index is 1.54. The molecule has 3 aromatic rings. The van der Waals surface area contributed by atoms with Gasteiger partial charge in [-0.1, -0.05) is 59.6 Å². The third-order valence-electron chi connectivity index (χ3n) is 7.56. The van der Waals surface area contributed by atoms with Gasteiger partial charge in [-0.15, -0.1) is 0 Å². The summed E-state index contributed by atoms with van der Waals surface area (Å²) >= 11 is 12.8. The number of alkyl halides is 1. The fourth-order valence-corrected chi connectivity index (χ4v) is 6.26. The van der Waals surface area contributed by atoms with Crippen LogP contribution in [0.3, 0.4) is 0 Å². The number of likely N-dealkylation sites (tertiary alicyclic amines) is 1. The van der Waals surface area contributed by atoms with Crippen molar-refractivity contribution < 1.29 is 18.7 Å². The molecule has 0 saturated carbocycles. The van der Waals surface area contributed by atoms with E-state index in [4.69, 9.17) is 23.2 Å². The number of benzene rings is 3. The van der Waals surface area contributed by atoms with E-state index < -0.39 is 11.8 Å². The SMILES string of the molecule is O=C(O)c1ccc2c(c1F)CCCC(c1ccc(Cl)cc1Cl)=C2c1ccc(CC2CN(CCCF)C2)cc1. The zero-order valence-corrected chi connectivity index (χ0v) is 22.5. The lowest BCUT2D eigenvalue weighted by Gasteiger charge is -2.39. The summed E-state index contributed by atoms with van der Waals surface area (Å²) in [5, 5.41) is 10.6. The Morgan fingerprint density at radius 2 is 1.74 bits per heavy atom. The fourth-order valence-electron chi connectivity index (χ4n) is 5.74. The molecule has 0 radical (unpaired) electrons. The van der Waals surface area contributed by atoms with Gasteiger partial charge in [-0.25, -0.2) is 9.18 Å². The topological polar surface area (TPSA) is 40.5 Å². The maximum atomic E-state index is 15.4. The number of halogens is 4. The Labute approximate surface area is 231 Å². The van der Waals surface area contributed by atoms with Crippen molar-refractivity contribution in [3.05, 3.63) is 104 Å². The molecule has 1 N–H and O–H groups in total. The molecule has 1 aliphatic heterocycles. The van der Waals surface area contributed by atoms with Gasteiger partial charge in [-0.3, -0.25) is 4.39 Å². The number of allylic oxidation sites excluding steroid dienone is 1. The van der Waals surface area contributed by atoms with Crippen LogP contribution in [0.15, 0.2) is 54.6 Å². The van der Waals surface area contributed by atoms with Crippen LogP contribution < -0.4 is 0 Å². The van der Waals surface area contributed by atoms with Crippen molar-refractivity contribution in [1.82, 2.24) is 4.90 Å². The number of carboxylic acid groups (broad SMARTS) is 1. The number of fused-ring (bicyclic) bond motifs is 1. The fraction of sp³-hybridized carbons (Fsp3) is 0.323. The molecule has 0 atom stereocenters. The number of carbonyl (C=O) groups is 1. The van der Waals surface area contributed by atoms with E-state index in [2.05, 4.69) is 29.2 Å². The van der Waals surface area contributed by atoms with Crippen LogP contribution in [-0.2, 0) is 12.8 Å². The van der Waals surface area contributed by atoms with Gasteiger partial charge in [0.05, 0.1) is 12.2 Å². The first-order valence-corrected chi connectivity index (χ1v) is 13.7. The van der Waals surface area contributed by atoms with Crippen LogP contribution in [0.25, 0.3) is 11.1 Å². The summed E-state index contributed by atoms with van der Waals surface area (Å²) in [6.07, 6.45) is 3.29. The molecule has 0 spiro atoms. The molecule has 1 heterocycles. The lowest BCUT2D eigenvalue weighted by atomic mass is 9.86. The Kier molecular flexibility index (Phi) is 8.18. The number of rotatable bonds is 8. The lowest BCUT2D eigenvalue weighted by Crippen LogP contribution is -2.47. The Morgan fingerprint density at radius 3 is 2.42 bits per heavy atom. The van der Waals surface area contributed by atoms with E-state index in [1.165, 1.54) is 11.6 Å². The zero-order chi connectivity index (χ0) is 26.8. The number of aromatic carboxylic acids is 1. The predicted molar refractivity (Wildman–Crippen MR) is 149 cm³/mol. The molecule has 0 bridgehead atoms. The number of hydrogen-bond donors (Lipinski definition) is 1. The highest BCUT2D eigenvalue weighted by Gasteiger charge is 2.28. The van der Waals surface area contributed by atoms with Gasteiger partial charge in [0.25, 0.3) is 0 Å². The van der Waals surface area contributed by atoms with Crippen molar-refractivity contribution in [2.75, 3.05) is 26.3 Å². The molecule has 3 nitrogen and oxygen atoms in total. The number of hydrogen-bond acceptors (Lipinski definition) is 2. The van der Waals surface area contributed by atoms with E-state index in [9.17, 15) is 14.3 Å². The molecule has 198 valence electrons. The van der Waals surface area contributed by atoms with E-state index in [-0.39, 0.29) is 12.2 Å². The van der Waals surface area contributed by atoms with E-state index in [1.54, 1.807) is 18.2 Å². The van der Waals surface area contributed by atoms with E-state index in [1.807, 2.05) is 6.07 Å². The Morgan fingerprint density at radius 1 is 1.00 bits per heavy atom. The minimum Gasteiger partial charge on any atom is -0.478 e. The molecule has 0 aromatic heterocycles. The molecule has 38 heavy (non-hydrogen) atoms. The van der Waals surface area contributed by atoms with E-state index in [0.717, 1.165) is 48.3 Å². The second kappa shape index (κ2) is 11.6. The van der Waals surface area contributed by atoms with E-state index in [0.29, 0.717) is 52.8 Å². The third kappa shape index (κ3) is 5.51. The smallest absolute Gasteiger partial charge is 0.338 e. The largest absolute Gasteiger partial charge is 0.478 e. The maximum Gasteiger partial charge on any atom is 0.338 e. The maximum absolute atomic E-state index is 15.4. The van der Waals surface area contributed by atoms with Crippen LogP contribution in [0, 0.1) is 11.7 Å². The van der Waals surface area contributed by atoms with E-state index >= 15 is 4.39 Å². The molecular weight excluding hydrogens is 527 g/mol. The van der Waals surface area contributed by atoms with Crippen LogP contribution in [-0.4, -0.2) is 42.3 Å². The van der Waals surface area contributed by atoms with Gasteiger partial charge in [0.1, 0.15) is 5.82 Å². The Bertz CT molecular complexity index is 1380. The molecule has 0 amide bonds. The standard InChI is InChI=1S/C31H29Cl2F2NO2/c32-22-9-10-23(28(33)16-22)24-3-1-4-26-25(11-12-27(30(26)35)31(37)38)29(24)21-7-5-19(6-8-21)15-20-17-36(18-20)14-2-13-34/h5-12,16,20H,1-4,13-15,17-18H2,(H,37,38). The summed E-state index contributed by atoms with van der Waals surface area (Å²) in [5.74, 6) is -1.38. The molecule has 3 aromatic carbocycles. The highest BCUT2D eigenvalue weighted by Crippen LogP contribution is 2.43. The molecule has 0 unspecified atom stereocenters. The number of nitrogens with zero attached hydrogens (tertiary/aromatic N) is 1. The zero-order valence-electron chi connectivity index (χ0n) is 21.0. The van der Waals surface area contributed by atoms with Crippen molar-refractivity contribution in [1.29, 1.82) is 0 Å². The van der Waals surface area contributed by atoms with Gasteiger partial charge in [0, 0.05) is 29.7 Å². The average molecular weight is 556 g/mol. The van der Waals surface area contributed by atoms with Gasteiger partial charge < -0.3 is 10.0 Å². The average Bonchev–Trinajstić information content (AvgIpc) is 3.06. The molecule has 5 rings (SSSR count). The van der Waals surface area contributed by atoms with Crippen molar-refractivity contribution in [3.63, 3.8) is 0 Å². The lowest BCUT2D eigenvalue weighted by molar-refractivity contribution is 0.0691. The van der Waals surface area contributed by atoms with Gasteiger partial charge >= 0.3 is 5.97 Å².